The number of halogens is 1. The van der Waals surface area contributed by atoms with Crippen molar-refractivity contribution in [2.24, 2.45) is 5.73 Å². The average Bonchev–Trinajstić information content (AvgIpc) is 2.72. The van der Waals surface area contributed by atoms with Crippen LogP contribution in [0.5, 0.6) is 0 Å². The standard InChI is InChI=1S/C9H10ClNOS/c10-6-1-4-13-7(6)5-8(12)9(11)2-3-9/h1,4H,2-3,5,11H2. The van der Waals surface area contributed by atoms with Crippen molar-refractivity contribution in [2.45, 2.75) is 24.8 Å². The highest BCUT2D eigenvalue weighted by Gasteiger charge is 2.45. The number of thiophene rings is 1. The van der Waals surface area contributed by atoms with E-state index in [-0.39, 0.29) is 5.78 Å². The van der Waals surface area contributed by atoms with Crippen LogP contribution < -0.4 is 5.73 Å². The quantitative estimate of drug-likeness (QED) is 0.838. The van der Waals surface area contributed by atoms with Crippen molar-refractivity contribution in [3.05, 3.63) is 21.3 Å². The molecule has 0 radical (unpaired) electrons. The third kappa shape index (κ3) is 1.77. The van der Waals surface area contributed by atoms with Gasteiger partial charge in [0.2, 0.25) is 0 Å². The Balaban J connectivity index is 2.06. The van der Waals surface area contributed by atoms with Gasteiger partial charge in [-0.3, -0.25) is 4.79 Å². The Kier molecular flexibility index (Phi) is 2.18. The summed E-state index contributed by atoms with van der Waals surface area (Å²) in [6.07, 6.45) is 2.05. The van der Waals surface area contributed by atoms with E-state index in [4.69, 9.17) is 17.3 Å². The van der Waals surface area contributed by atoms with Gasteiger partial charge < -0.3 is 5.73 Å². The number of Topliss-reactive ketones (excluding diaryl/α,β-unsaturated/α-hetero) is 1. The van der Waals surface area contributed by atoms with Gasteiger partial charge in [0.15, 0.2) is 5.78 Å². The van der Waals surface area contributed by atoms with Gasteiger partial charge in [-0.15, -0.1) is 11.3 Å². The Hall–Kier alpha value is -0.380. The second-order valence-electron chi connectivity index (χ2n) is 3.45. The van der Waals surface area contributed by atoms with E-state index in [0.717, 1.165) is 17.7 Å². The lowest BCUT2D eigenvalue weighted by Gasteiger charge is -2.05. The van der Waals surface area contributed by atoms with Crippen LogP contribution in [-0.2, 0) is 11.2 Å². The molecular weight excluding hydrogens is 206 g/mol. The number of carbonyl (C=O) groups is 1. The van der Waals surface area contributed by atoms with E-state index < -0.39 is 5.54 Å². The third-order valence-corrected chi connectivity index (χ3v) is 3.74. The Morgan fingerprint density at radius 1 is 1.69 bits per heavy atom. The first-order valence-corrected chi connectivity index (χ1v) is 5.42. The van der Waals surface area contributed by atoms with Crippen LogP contribution in [0.25, 0.3) is 0 Å². The van der Waals surface area contributed by atoms with Crippen molar-refractivity contribution < 1.29 is 4.79 Å². The van der Waals surface area contributed by atoms with Crippen LogP contribution in [0.3, 0.4) is 0 Å². The van der Waals surface area contributed by atoms with E-state index in [0.29, 0.717) is 11.4 Å². The van der Waals surface area contributed by atoms with Crippen molar-refractivity contribution in [3.8, 4) is 0 Å². The Labute approximate surface area is 85.7 Å². The van der Waals surface area contributed by atoms with Crippen molar-refractivity contribution in [1.29, 1.82) is 0 Å². The fourth-order valence-electron chi connectivity index (χ4n) is 1.19. The smallest absolute Gasteiger partial charge is 0.157 e. The molecule has 70 valence electrons. The van der Waals surface area contributed by atoms with Gasteiger partial charge in [-0.05, 0) is 24.3 Å². The summed E-state index contributed by atoms with van der Waals surface area (Å²) in [5.41, 5.74) is 5.25. The van der Waals surface area contributed by atoms with E-state index in [9.17, 15) is 4.79 Å². The Bertz CT molecular complexity index is 343. The average molecular weight is 216 g/mol. The van der Waals surface area contributed by atoms with Gasteiger partial charge in [0, 0.05) is 11.3 Å². The molecule has 0 amide bonds. The van der Waals surface area contributed by atoms with Crippen molar-refractivity contribution in [1.82, 2.24) is 0 Å². The summed E-state index contributed by atoms with van der Waals surface area (Å²) in [6, 6.07) is 1.81. The second kappa shape index (κ2) is 3.08. The minimum Gasteiger partial charge on any atom is -0.319 e. The van der Waals surface area contributed by atoms with Gasteiger partial charge >= 0.3 is 0 Å². The van der Waals surface area contributed by atoms with Crippen LogP contribution in [0, 0.1) is 0 Å². The summed E-state index contributed by atoms with van der Waals surface area (Å²) in [5.74, 6) is 0.122. The Morgan fingerprint density at radius 3 is 2.85 bits per heavy atom. The number of rotatable bonds is 3. The molecule has 0 spiro atoms. The molecule has 13 heavy (non-hydrogen) atoms. The molecule has 0 aromatic carbocycles. The number of nitrogens with two attached hydrogens (primary N) is 1. The summed E-state index contributed by atoms with van der Waals surface area (Å²) in [7, 11) is 0. The van der Waals surface area contributed by atoms with E-state index >= 15 is 0 Å². The highest BCUT2D eigenvalue weighted by molar-refractivity contribution is 7.10. The summed E-state index contributed by atoms with van der Waals surface area (Å²) in [5, 5.41) is 2.57. The second-order valence-corrected chi connectivity index (χ2v) is 4.86. The van der Waals surface area contributed by atoms with E-state index in [1.165, 1.54) is 11.3 Å². The predicted molar refractivity (Wildman–Crippen MR) is 54.2 cm³/mol. The van der Waals surface area contributed by atoms with Crippen LogP contribution in [0.4, 0.5) is 0 Å². The zero-order valence-corrected chi connectivity index (χ0v) is 8.62. The lowest BCUT2D eigenvalue weighted by Crippen LogP contribution is -2.33. The molecule has 1 fully saturated rings. The summed E-state index contributed by atoms with van der Waals surface area (Å²) < 4.78 is 0. The largest absolute Gasteiger partial charge is 0.319 e. The Morgan fingerprint density at radius 2 is 2.38 bits per heavy atom. The first-order valence-electron chi connectivity index (χ1n) is 4.16. The molecule has 1 heterocycles. The molecule has 0 saturated heterocycles. The number of ketones is 1. The maximum absolute atomic E-state index is 11.6. The zero-order chi connectivity index (χ0) is 9.47. The predicted octanol–water partition coefficient (Wildman–Crippen LogP) is 2.00. The van der Waals surface area contributed by atoms with Gasteiger partial charge in [-0.25, -0.2) is 0 Å². The maximum atomic E-state index is 11.6. The lowest BCUT2D eigenvalue weighted by molar-refractivity contribution is -0.120. The summed E-state index contributed by atoms with van der Waals surface area (Å²) >= 11 is 7.39. The van der Waals surface area contributed by atoms with Crippen LogP contribution in [-0.4, -0.2) is 11.3 Å². The van der Waals surface area contributed by atoms with E-state index in [1.807, 2.05) is 11.4 Å². The van der Waals surface area contributed by atoms with Crippen LogP contribution in [0.15, 0.2) is 11.4 Å². The van der Waals surface area contributed by atoms with Crippen molar-refractivity contribution >= 4 is 28.7 Å². The van der Waals surface area contributed by atoms with Gasteiger partial charge in [-0.1, -0.05) is 11.6 Å². The molecule has 0 unspecified atom stereocenters. The molecule has 1 aliphatic rings. The molecule has 0 bridgehead atoms. The molecule has 2 rings (SSSR count). The molecule has 4 heteroatoms. The first-order chi connectivity index (χ1) is 6.12. The maximum Gasteiger partial charge on any atom is 0.157 e. The number of carbonyl (C=O) groups excluding carboxylic acids is 1. The first kappa shape index (κ1) is 9.19. The van der Waals surface area contributed by atoms with E-state index in [1.54, 1.807) is 0 Å². The van der Waals surface area contributed by atoms with Crippen molar-refractivity contribution in [3.63, 3.8) is 0 Å². The molecule has 2 N–H and O–H groups in total. The van der Waals surface area contributed by atoms with E-state index in [2.05, 4.69) is 0 Å². The molecule has 0 atom stereocenters. The lowest BCUT2D eigenvalue weighted by atomic mass is 10.1. The highest BCUT2D eigenvalue weighted by atomic mass is 35.5. The molecule has 2 nitrogen and oxygen atoms in total. The summed E-state index contributed by atoms with van der Waals surface area (Å²) in [4.78, 5) is 12.5. The van der Waals surface area contributed by atoms with Crippen molar-refractivity contribution in [2.75, 3.05) is 0 Å². The van der Waals surface area contributed by atoms with Gasteiger partial charge in [0.05, 0.1) is 10.6 Å². The fourth-order valence-corrected chi connectivity index (χ4v) is 2.29. The molecule has 0 aliphatic heterocycles. The molecule has 1 aliphatic carbocycles. The van der Waals surface area contributed by atoms with Gasteiger partial charge in [0.25, 0.3) is 0 Å². The number of hydrogen-bond donors (Lipinski definition) is 1. The SMILES string of the molecule is NC1(C(=O)Cc2sccc2Cl)CC1. The van der Waals surface area contributed by atoms with Crippen LogP contribution >= 0.6 is 22.9 Å². The minimum atomic E-state index is -0.521. The summed E-state index contributed by atoms with van der Waals surface area (Å²) in [6.45, 7) is 0. The monoisotopic (exact) mass is 215 g/mol. The molecular formula is C9H10ClNOS. The normalized spacial score (nSPS) is 18.6. The van der Waals surface area contributed by atoms with Crippen LogP contribution in [0.1, 0.15) is 17.7 Å². The molecule has 1 aromatic heterocycles. The minimum absolute atomic E-state index is 0.122. The van der Waals surface area contributed by atoms with Gasteiger partial charge in [0.1, 0.15) is 0 Å². The third-order valence-electron chi connectivity index (χ3n) is 2.36. The topological polar surface area (TPSA) is 43.1 Å². The van der Waals surface area contributed by atoms with Crippen LogP contribution in [0.2, 0.25) is 5.02 Å². The zero-order valence-electron chi connectivity index (χ0n) is 7.05. The molecule has 1 saturated carbocycles. The highest BCUT2D eigenvalue weighted by Crippen LogP contribution is 2.35. The fraction of sp³-hybridized carbons (Fsp3) is 0.444. The van der Waals surface area contributed by atoms with Gasteiger partial charge in [-0.2, -0.15) is 0 Å². The number of hydrogen-bond acceptors (Lipinski definition) is 3. The molecule has 1 aromatic rings.